The number of fused-ring (bicyclic) bond motifs is 1. The van der Waals surface area contributed by atoms with E-state index in [1.807, 2.05) is 6.20 Å². The van der Waals surface area contributed by atoms with E-state index < -0.39 is 0 Å². The second-order valence-electron chi connectivity index (χ2n) is 3.64. The molecule has 1 aromatic heterocycles. The first kappa shape index (κ1) is 7.74. The van der Waals surface area contributed by atoms with Crippen LogP contribution < -0.4 is 5.32 Å². The number of nitrogens with one attached hydrogen (secondary N) is 1. The summed E-state index contributed by atoms with van der Waals surface area (Å²) < 4.78 is 0. The largest absolute Gasteiger partial charge is 0.309 e. The molecule has 2 heteroatoms. The van der Waals surface area contributed by atoms with Gasteiger partial charge in [0.05, 0.1) is 0 Å². The molecule has 0 radical (unpaired) electrons. The third kappa shape index (κ3) is 1.23. The van der Waals surface area contributed by atoms with Crippen molar-refractivity contribution in [3.8, 4) is 0 Å². The van der Waals surface area contributed by atoms with Gasteiger partial charge in [-0.3, -0.25) is 4.98 Å². The normalized spacial score (nSPS) is 15.2. The predicted octanol–water partition coefficient (Wildman–Crippen LogP) is 1.81. The monoisotopic (exact) mass is 162 g/mol. The van der Waals surface area contributed by atoms with Crippen molar-refractivity contribution in [2.45, 2.75) is 32.9 Å². The van der Waals surface area contributed by atoms with Crippen LogP contribution in [-0.2, 0) is 13.1 Å². The summed E-state index contributed by atoms with van der Waals surface area (Å²) in [6.07, 6.45) is 2.00. The minimum absolute atomic E-state index is 0.538. The molecule has 0 unspecified atom stereocenters. The van der Waals surface area contributed by atoms with Crippen molar-refractivity contribution in [1.29, 1.82) is 0 Å². The first-order chi connectivity index (χ1) is 5.77. The van der Waals surface area contributed by atoms with Crippen molar-refractivity contribution in [2.75, 3.05) is 0 Å². The molecular weight excluding hydrogens is 148 g/mol. The van der Waals surface area contributed by atoms with Gasteiger partial charge in [0.2, 0.25) is 0 Å². The molecule has 0 atom stereocenters. The van der Waals surface area contributed by atoms with Gasteiger partial charge < -0.3 is 5.32 Å². The van der Waals surface area contributed by atoms with Gasteiger partial charge in [0.15, 0.2) is 0 Å². The Kier molecular flexibility index (Phi) is 1.85. The molecule has 0 aromatic carbocycles. The molecule has 1 N–H and O–H groups in total. The van der Waals surface area contributed by atoms with Gasteiger partial charge >= 0.3 is 0 Å². The van der Waals surface area contributed by atoms with Gasteiger partial charge in [-0.2, -0.15) is 0 Å². The lowest BCUT2D eigenvalue weighted by atomic mass is 10.1. The molecule has 0 saturated heterocycles. The van der Waals surface area contributed by atoms with Crippen molar-refractivity contribution in [3.05, 3.63) is 29.1 Å². The lowest BCUT2D eigenvalue weighted by molar-refractivity contribution is 0.764. The Bertz CT molecular complexity index is 292. The van der Waals surface area contributed by atoms with Crippen molar-refractivity contribution in [3.63, 3.8) is 0 Å². The highest BCUT2D eigenvalue weighted by Gasteiger charge is 2.11. The maximum atomic E-state index is 4.41. The highest BCUT2D eigenvalue weighted by molar-refractivity contribution is 5.30. The van der Waals surface area contributed by atoms with Crippen LogP contribution in [0.3, 0.4) is 0 Å². The van der Waals surface area contributed by atoms with Gasteiger partial charge in [0, 0.05) is 25.0 Å². The smallest absolute Gasteiger partial charge is 0.0432 e. The fourth-order valence-corrected chi connectivity index (χ4v) is 1.52. The van der Waals surface area contributed by atoms with Crippen molar-refractivity contribution < 1.29 is 0 Å². The van der Waals surface area contributed by atoms with Gasteiger partial charge in [-0.25, -0.2) is 0 Å². The molecule has 2 heterocycles. The van der Waals surface area contributed by atoms with E-state index in [2.05, 4.69) is 30.2 Å². The molecule has 0 fully saturated rings. The molecule has 1 aromatic rings. The molecular formula is C10H14N2. The number of nitrogens with zero attached hydrogens (tertiary/aromatic N) is 1. The quantitative estimate of drug-likeness (QED) is 0.681. The summed E-state index contributed by atoms with van der Waals surface area (Å²) in [5.41, 5.74) is 3.99. The molecule has 2 nitrogen and oxygen atoms in total. The van der Waals surface area contributed by atoms with Crippen LogP contribution in [0.4, 0.5) is 0 Å². The number of hydrogen-bond acceptors (Lipinski definition) is 2. The van der Waals surface area contributed by atoms with Gasteiger partial charge in [0.1, 0.15) is 0 Å². The molecule has 1 aliphatic heterocycles. The van der Waals surface area contributed by atoms with Crippen LogP contribution in [0.1, 0.15) is 36.6 Å². The van der Waals surface area contributed by atoms with E-state index in [1.165, 1.54) is 16.8 Å². The predicted molar refractivity (Wildman–Crippen MR) is 48.9 cm³/mol. The molecule has 0 saturated carbocycles. The first-order valence-corrected chi connectivity index (χ1v) is 4.46. The molecule has 0 spiro atoms. The molecule has 1 aliphatic rings. The van der Waals surface area contributed by atoms with Crippen LogP contribution in [0.25, 0.3) is 0 Å². The number of aromatic nitrogens is 1. The zero-order valence-electron chi connectivity index (χ0n) is 7.59. The van der Waals surface area contributed by atoms with Crippen LogP contribution in [-0.4, -0.2) is 4.98 Å². The Morgan fingerprint density at radius 3 is 2.83 bits per heavy atom. The summed E-state index contributed by atoms with van der Waals surface area (Å²) >= 11 is 0. The van der Waals surface area contributed by atoms with Gasteiger partial charge in [0.25, 0.3) is 0 Å². The Morgan fingerprint density at radius 2 is 2.08 bits per heavy atom. The summed E-state index contributed by atoms with van der Waals surface area (Å²) in [5, 5.41) is 3.31. The Morgan fingerprint density at radius 1 is 1.33 bits per heavy atom. The fourth-order valence-electron chi connectivity index (χ4n) is 1.52. The van der Waals surface area contributed by atoms with E-state index in [9.17, 15) is 0 Å². The van der Waals surface area contributed by atoms with Crippen LogP contribution >= 0.6 is 0 Å². The van der Waals surface area contributed by atoms with Gasteiger partial charge in [-0.05, 0) is 23.1 Å². The maximum Gasteiger partial charge on any atom is 0.0432 e. The van der Waals surface area contributed by atoms with Gasteiger partial charge in [-0.15, -0.1) is 0 Å². The highest BCUT2D eigenvalue weighted by Crippen LogP contribution is 2.19. The van der Waals surface area contributed by atoms with E-state index >= 15 is 0 Å². The number of hydrogen-bond donors (Lipinski definition) is 1. The maximum absolute atomic E-state index is 4.41. The summed E-state index contributed by atoms with van der Waals surface area (Å²) in [5.74, 6) is 0.538. The van der Waals surface area contributed by atoms with Crippen LogP contribution in [0.5, 0.6) is 0 Å². The van der Waals surface area contributed by atoms with Crippen molar-refractivity contribution >= 4 is 0 Å². The van der Waals surface area contributed by atoms with Crippen molar-refractivity contribution in [1.82, 2.24) is 10.3 Å². The Balaban J connectivity index is 2.39. The summed E-state index contributed by atoms with van der Waals surface area (Å²) in [6, 6.07) is 2.22. The fraction of sp³-hybridized carbons (Fsp3) is 0.500. The Labute approximate surface area is 73.0 Å². The van der Waals surface area contributed by atoms with Gasteiger partial charge in [-0.1, -0.05) is 13.8 Å². The second-order valence-corrected chi connectivity index (χ2v) is 3.64. The van der Waals surface area contributed by atoms with Crippen molar-refractivity contribution in [2.24, 2.45) is 0 Å². The third-order valence-electron chi connectivity index (χ3n) is 2.33. The first-order valence-electron chi connectivity index (χ1n) is 4.46. The number of pyridine rings is 1. The average molecular weight is 162 g/mol. The van der Waals surface area contributed by atoms with E-state index in [0.717, 1.165) is 13.1 Å². The summed E-state index contributed by atoms with van der Waals surface area (Å²) in [7, 11) is 0. The Hall–Kier alpha value is -0.890. The minimum Gasteiger partial charge on any atom is -0.309 e. The summed E-state index contributed by atoms with van der Waals surface area (Å²) in [4.78, 5) is 4.41. The van der Waals surface area contributed by atoms with E-state index in [-0.39, 0.29) is 0 Å². The minimum atomic E-state index is 0.538. The number of rotatable bonds is 1. The average Bonchev–Trinajstić information content (AvgIpc) is 2.49. The van der Waals surface area contributed by atoms with Crippen LogP contribution in [0.2, 0.25) is 0 Å². The van der Waals surface area contributed by atoms with E-state index in [0.29, 0.717) is 5.92 Å². The third-order valence-corrected chi connectivity index (χ3v) is 2.33. The van der Waals surface area contributed by atoms with Crippen LogP contribution in [0, 0.1) is 0 Å². The molecule has 0 bridgehead atoms. The van der Waals surface area contributed by atoms with Crippen LogP contribution in [0.15, 0.2) is 12.3 Å². The van der Waals surface area contributed by atoms with E-state index in [1.54, 1.807) is 0 Å². The SMILES string of the molecule is CC(C)c1cc2c(cn1)CNC2. The topological polar surface area (TPSA) is 24.9 Å². The zero-order valence-corrected chi connectivity index (χ0v) is 7.59. The second kappa shape index (κ2) is 2.87. The molecule has 12 heavy (non-hydrogen) atoms. The van der Waals surface area contributed by atoms with E-state index in [4.69, 9.17) is 0 Å². The lowest BCUT2D eigenvalue weighted by Crippen LogP contribution is -1.99. The summed E-state index contributed by atoms with van der Waals surface area (Å²) in [6.45, 7) is 6.35. The lowest BCUT2D eigenvalue weighted by Gasteiger charge is -2.05. The molecule has 64 valence electrons. The molecule has 0 amide bonds. The standard InChI is InChI=1S/C10H14N2/c1-7(2)10-3-8-4-11-5-9(8)6-12-10/h3,6-7,11H,4-5H2,1-2H3. The highest BCUT2D eigenvalue weighted by atomic mass is 14.9. The molecule has 0 aliphatic carbocycles. The zero-order chi connectivity index (χ0) is 8.55. The molecule has 2 rings (SSSR count).